The van der Waals surface area contributed by atoms with Crippen molar-refractivity contribution in [2.45, 2.75) is 12.9 Å². The lowest BCUT2D eigenvalue weighted by Crippen LogP contribution is -2.16. The summed E-state index contributed by atoms with van der Waals surface area (Å²) in [6.45, 7) is 0.739. The Balaban J connectivity index is 2.19. The number of ether oxygens (including phenoxy) is 1. The standard InChI is InChI=1S/C15H14F3NO/c1-19-10-11-3-2-4-13(9-11)12-5-7-14(8-6-12)20-15(16,17)18/h2-9,19H,10H2,1H3. The third-order valence-electron chi connectivity index (χ3n) is 2.73. The molecule has 0 radical (unpaired) electrons. The highest BCUT2D eigenvalue weighted by molar-refractivity contribution is 5.64. The summed E-state index contributed by atoms with van der Waals surface area (Å²) < 4.78 is 40.1. The Hall–Kier alpha value is -2.01. The molecule has 2 rings (SSSR count). The third-order valence-corrected chi connectivity index (χ3v) is 2.73. The molecular formula is C15H14F3NO. The molecule has 106 valence electrons. The maximum Gasteiger partial charge on any atom is 0.573 e. The molecule has 0 spiro atoms. The van der Waals surface area contributed by atoms with E-state index in [1.165, 1.54) is 12.1 Å². The van der Waals surface area contributed by atoms with Gasteiger partial charge in [0.15, 0.2) is 0 Å². The van der Waals surface area contributed by atoms with Gasteiger partial charge in [-0.05, 0) is 41.9 Å². The second kappa shape index (κ2) is 5.96. The van der Waals surface area contributed by atoms with Gasteiger partial charge >= 0.3 is 6.36 Å². The van der Waals surface area contributed by atoms with E-state index in [4.69, 9.17) is 0 Å². The summed E-state index contributed by atoms with van der Waals surface area (Å²) in [6.07, 6.45) is -4.66. The molecule has 2 aromatic rings. The smallest absolute Gasteiger partial charge is 0.406 e. The molecule has 0 bridgehead atoms. The molecule has 0 saturated heterocycles. The summed E-state index contributed by atoms with van der Waals surface area (Å²) in [5.74, 6) is -0.215. The lowest BCUT2D eigenvalue weighted by molar-refractivity contribution is -0.274. The molecule has 2 aromatic carbocycles. The van der Waals surface area contributed by atoms with Gasteiger partial charge < -0.3 is 10.1 Å². The van der Waals surface area contributed by atoms with Gasteiger partial charge in [-0.25, -0.2) is 0 Å². The minimum absolute atomic E-state index is 0.215. The fraction of sp³-hybridized carbons (Fsp3) is 0.200. The van der Waals surface area contributed by atoms with Crippen molar-refractivity contribution in [3.8, 4) is 16.9 Å². The molecule has 5 heteroatoms. The number of rotatable bonds is 4. The topological polar surface area (TPSA) is 21.3 Å². The van der Waals surface area contributed by atoms with E-state index in [1.807, 2.05) is 31.3 Å². The van der Waals surface area contributed by atoms with E-state index in [1.54, 1.807) is 12.1 Å². The van der Waals surface area contributed by atoms with E-state index in [0.29, 0.717) is 0 Å². The lowest BCUT2D eigenvalue weighted by atomic mass is 10.0. The number of hydrogen-bond acceptors (Lipinski definition) is 2. The van der Waals surface area contributed by atoms with Crippen molar-refractivity contribution in [2.24, 2.45) is 0 Å². The van der Waals surface area contributed by atoms with Crippen LogP contribution in [0.3, 0.4) is 0 Å². The Bertz CT molecular complexity index is 564. The van der Waals surface area contributed by atoms with Gasteiger partial charge in [0.2, 0.25) is 0 Å². The number of nitrogens with one attached hydrogen (secondary N) is 1. The number of benzene rings is 2. The first-order chi connectivity index (χ1) is 9.48. The first-order valence-corrected chi connectivity index (χ1v) is 6.08. The maximum absolute atomic E-state index is 12.1. The predicted molar refractivity (Wildman–Crippen MR) is 71.3 cm³/mol. The van der Waals surface area contributed by atoms with Crippen molar-refractivity contribution in [2.75, 3.05) is 7.05 Å². The van der Waals surface area contributed by atoms with Crippen molar-refractivity contribution < 1.29 is 17.9 Å². The van der Waals surface area contributed by atoms with Gasteiger partial charge in [0, 0.05) is 6.54 Å². The Morgan fingerprint density at radius 1 is 1.00 bits per heavy atom. The second-order valence-electron chi connectivity index (χ2n) is 4.30. The zero-order valence-corrected chi connectivity index (χ0v) is 10.9. The second-order valence-corrected chi connectivity index (χ2v) is 4.30. The molecule has 0 amide bonds. The van der Waals surface area contributed by atoms with Crippen molar-refractivity contribution >= 4 is 0 Å². The van der Waals surface area contributed by atoms with Crippen molar-refractivity contribution in [3.05, 3.63) is 54.1 Å². The Morgan fingerprint density at radius 3 is 2.30 bits per heavy atom. The maximum atomic E-state index is 12.1. The highest BCUT2D eigenvalue weighted by atomic mass is 19.4. The zero-order valence-electron chi connectivity index (χ0n) is 10.9. The molecule has 1 N–H and O–H groups in total. The summed E-state index contributed by atoms with van der Waals surface area (Å²) in [5.41, 5.74) is 2.91. The van der Waals surface area contributed by atoms with Crippen LogP contribution < -0.4 is 10.1 Å². The van der Waals surface area contributed by atoms with Crippen LogP contribution in [0.5, 0.6) is 5.75 Å². The Morgan fingerprint density at radius 2 is 1.70 bits per heavy atom. The molecule has 0 saturated carbocycles. The highest BCUT2D eigenvalue weighted by Gasteiger charge is 2.30. The van der Waals surface area contributed by atoms with Gasteiger partial charge in [-0.15, -0.1) is 13.2 Å². The molecule has 2 nitrogen and oxygen atoms in total. The van der Waals surface area contributed by atoms with Crippen LogP contribution in [0.2, 0.25) is 0 Å². The fourth-order valence-corrected chi connectivity index (χ4v) is 1.91. The summed E-state index contributed by atoms with van der Waals surface area (Å²) >= 11 is 0. The van der Waals surface area contributed by atoms with Gasteiger partial charge in [-0.3, -0.25) is 0 Å². The van der Waals surface area contributed by atoms with Crippen LogP contribution in [-0.4, -0.2) is 13.4 Å². The predicted octanol–water partition coefficient (Wildman–Crippen LogP) is 3.97. The van der Waals surface area contributed by atoms with Crippen LogP contribution in [-0.2, 0) is 6.54 Å². The molecule has 0 unspecified atom stereocenters. The average molecular weight is 281 g/mol. The van der Waals surface area contributed by atoms with Crippen LogP contribution in [0.25, 0.3) is 11.1 Å². The fourth-order valence-electron chi connectivity index (χ4n) is 1.91. The minimum Gasteiger partial charge on any atom is -0.406 e. The molecule has 20 heavy (non-hydrogen) atoms. The van der Waals surface area contributed by atoms with Crippen LogP contribution in [0.1, 0.15) is 5.56 Å². The third kappa shape index (κ3) is 3.99. The summed E-state index contributed by atoms with van der Waals surface area (Å²) in [7, 11) is 1.86. The zero-order chi connectivity index (χ0) is 14.6. The number of hydrogen-bond donors (Lipinski definition) is 1. The van der Waals surface area contributed by atoms with Gasteiger partial charge in [0.25, 0.3) is 0 Å². The molecule has 0 atom stereocenters. The highest BCUT2D eigenvalue weighted by Crippen LogP contribution is 2.26. The average Bonchev–Trinajstić information content (AvgIpc) is 2.38. The minimum atomic E-state index is -4.66. The molecule has 0 heterocycles. The number of alkyl halides is 3. The van der Waals surface area contributed by atoms with Crippen molar-refractivity contribution in [3.63, 3.8) is 0 Å². The van der Waals surface area contributed by atoms with Gasteiger partial charge in [-0.2, -0.15) is 0 Å². The quantitative estimate of drug-likeness (QED) is 0.915. The first-order valence-electron chi connectivity index (χ1n) is 6.08. The van der Waals surface area contributed by atoms with Crippen LogP contribution in [0, 0.1) is 0 Å². The molecular weight excluding hydrogens is 267 g/mol. The normalized spacial score (nSPS) is 11.4. The van der Waals surface area contributed by atoms with E-state index >= 15 is 0 Å². The van der Waals surface area contributed by atoms with Gasteiger partial charge in [0.05, 0.1) is 0 Å². The summed E-state index contributed by atoms with van der Waals surface area (Å²) in [6, 6.07) is 13.7. The largest absolute Gasteiger partial charge is 0.573 e. The van der Waals surface area contributed by atoms with Crippen molar-refractivity contribution in [1.82, 2.24) is 5.32 Å². The van der Waals surface area contributed by atoms with E-state index in [2.05, 4.69) is 10.1 Å². The van der Waals surface area contributed by atoms with E-state index in [9.17, 15) is 13.2 Å². The lowest BCUT2D eigenvalue weighted by Gasteiger charge is -2.10. The van der Waals surface area contributed by atoms with Crippen LogP contribution in [0.15, 0.2) is 48.5 Å². The molecule has 0 fully saturated rings. The summed E-state index contributed by atoms with van der Waals surface area (Å²) in [5, 5.41) is 3.05. The first kappa shape index (κ1) is 14.4. The summed E-state index contributed by atoms with van der Waals surface area (Å²) in [4.78, 5) is 0. The monoisotopic (exact) mass is 281 g/mol. The van der Waals surface area contributed by atoms with Crippen LogP contribution in [0.4, 0.5) is 13.2 Å². The molecule has 0 aromatic heterocycles. The Kier molecular flexibility index (Phi) is 4.29. The SMILES string of the molecule is CNCc1cccc(-c2ccc(OC(F)(F)F)cc2)c1. The number of halogens is 3. The van der Waals surface area contributed by atoms with Crippen LogP contribution >= 0.6 is 0 Å². The molecule has 0 aliphatic rings. The van der Waals surface area contributed by atoms with Crippen molar-refractivity contribution in [1.29, 1.82) is 0 Å². The Labute approximate surface area is 115 Å². The van der Waals surface area contributed by atoms with Gasteiger partial charge in [0.1, 0.15) is 5.75 Å². The van der Waals surface area contributed by atoms with E-state index in [0.717, 1.165) is 23.2 Å². The van der Waals surface area contributed by atoms with Gasteiger partial charge in [-0.1, -0.05) is 30.3 Å². The molecule has 0 aliphatic heterocycles. The van der Waals surface area contributed by atoms with E-state index in [-0.39, 0.29) is 5.75 Å². The van der Waals surface area contributed by atoms with E-state index < -0.39 is 6.36 Å². The molecule has 0 aliphatic carbocycles.